The third-order valence-electron chi connectivity index (χ3n) is 4.74. The van der Waals surface area contributed by atoms with Gasteiger partial charge in [0.25, 0.3) is 0 Å². The van der Waals surface area contributed by atoms with Crippen LogP contribution in [0, 0.1) is 0 Å². The first-order valence-corrected chi connectivity index (χ1v) is 8.45. The Labute approximate surface area is 131 Å². The number of unbranched alkanes of at least 4 members (excludes halogenated alkanes) is 2. The molecule has 4 heteroatoms. The largest absolute Gasteiger partial charge is 0.493 e. The summed E-state index contributed by atoms with van der Waals surface area (Å²) in [5.74, 6) is 0.402. The SMILES string of the molecule is O=C(O)CCCCCNC1CCc2cc3c(cc2C1)OCC3. The Bertz CT molecular complexity index is 541. The van der Waals surface area contributed by atoms with Crippen LogP contribution in [0.1, 0.15) is 48.8 Å². The third kappa shape index (κ3) is 3.80. The zero-order valence-electron chi connectivity index (χ0n) is 13.1. The van der Waals surface area contributed by atoms with Crippen molar-refractivity contribution < 1.29 is 14.6 Å². The van der Waals surface area contributed by atoms with E-state index in [0.717, 1.165) is 57.4 Å². The topological polar surface area (TPSA) is 58.6 Å². The molecule has 22 heavy (non-hydrogen) atoms. The quantitative estimate of drug-likeness (QED) is 0.760. The van der Waals surface area contributed by atoms with Gasteiger partial charge in [0.05, 0.1) is 6.61 Å². The molecule has 3 rings (SSSR count). The van der Waals surface area contributed by atoms with Crippen molar-refractivity contribution >= 4 is 5.97 Å². The molecule has 0 spiro atoms. The van der Waals surface area contributed by atoms with Gasteiger partial charge in [-0.1, -0.05) is 12.5 Å². The van der Waals surface area contributed by atoms with Crippen molar-refractivity contribution in [3.63, 3.8) is 0 Å². The highest BCUT2D eigenvalue weighted by atomic mass is 16.5. The van der Waals surface area contributed by atoms with E-state index in [1.807, 2.05) is 0 Å². The molecule has 1 aliphatic heterocycles. The normalized spacial score (nSPS) is 19.4. The van der Waals surface area contributed by atoms with E-state index in [2.05, 4.69) is 17.4 Å². The van der Waals surface area contributed by atoms with Crippen molar-refractivity contribution in [1.82, 2.24) is 5.32 Å². The van der Waals surface area contributed by atoms with Crippen LogP contribution < -0.4 is 10.1 Å². The van der Waals surface area contributed by atoms with Gasteiger partial charge in [-0.05, 0) is 61.4 Å². The van der Waals surface area contributed by atoms with E-state index in [1.54, 1.807) is 0 Å². The fraction of sp³-hybridized carbons (Fsp3) is 0.611. The number of aryl methyl sites for hydroxylation is 1. The Balaban J connectivity index is 1.43. The first-order valence-electron chi connectivity index (χ1n) is 8.45. The van der Waals surface area contributed by atoms with E-state index in [9.17, 15) is 4.79 Å². The second-order valence-electron chi connectivity index (χ2n) is 6.43. The fourth-order valence-electron chi connectivity index (χ4n) is 3.50. The molecule has 120 valence electrons. The van der Waals surface area contributed by atoms with Crippen LogP contribution in [-0.4, -0.2) is 30.3 Å². The van der Waals surface area contributed by atoms with Gasteiger partial charge in [0.15, 0.2) is 0 Å². The smallest absolute Gasteiger partial charge is 0.303 e. The maximum Gasteiger partial charge on any atom is 0.303 e. The average Bonchev–Trinajstić information content (AvgIpc) is 2.95. The Morgan fingerprint density at radius 3 is 2.95 bits per heavy atom. The standard InChI is InChI=1S/C18H25NO3/c20-18(21)4-2-1-3-8-19-16-6-5-13-10-14-7-9-22-17(14)12-15(13)11-16/h10,12,16,19H,1-9,11H2,(H,20,21). The molecule has 1 atom stereocenters. The number of nitrogens with one attached hydrogen (secondary N) is 1. The number of carboxylic acids is 1. The second-order valence-corrected chi connectivity index (χ2v) is 6.43. The maximum atomic E-state index is 10.5. The number of carboxylic acid groups (broad SMARTS) is 1. The van der Waals surface area contributed by atoms with Gasteiger partial charge in [-0.15, -0.1) is 0 Å². The van der Waals surface area contributed by atoms with Crippen LogP contribution in [0.15, 0.2) is 12.1 Å². The number of hydrogen-bond acceptors (Lipinski definition) is 3. The van der Waals surface area contributed by atoms with Crippen LogP contribution in [0.5, 0.6) is 5.75 Å². The summed E-state index contributed by atoms with van der Waals surface area (Å²) in [7, 11) is 0. The number of carbonyl (C=O) groups is 1. The molecule has 1 aliphatic carbocycles. The number of fused-ring (bicyclic) bond motifs is 2. The third-order valence-corrected chi connectivity index (χ3v) is 4.74. The van der Waals surface area contributed by atoms with Gasteiger partial charge < -0.3 is 15.2 Å². The summed E-state index contributed by atoms with van der Waals surface area (Å²) >= 11 is 0. The molecule has 1 aromatic carbocycles. The van der Waals surface area contributed by atoms with Gasteiger partial charge in [-0.2, -0.15) is 0 Å². The number of benzene rings is 1. The summed E-state index contributed by atoms with van der Waals surface area (Å²) in [5.41, 5.74) is 4.32. The van der Waals surface area contributed by atoms with E-state index >= 15 is 0 Å². The van der Waals surface area contributed by atoms with Gasteiger partial charge in [-0.25, -0.2) is 0 Å². The summed E-state index contributed by atoms with van der Waals surface area (Å²) in [4.78, 5) is 10.5. The summed E-state index contributed by atoms with van der Waals surface area (Å²) in [6, 6.07) is 5.14. The first-order chi connectivity index (χ1) is 10.7. The van der Waals surface area contributed by atoms with Crippen LogP contribution >= 0.6 is 0 Å². The molecule has 0 aromatic heterocycles. The zero-order valence-corrected chi connectivity index (χ0v) is 13.1. The second kappa shape index (κ2) is 7.14. The van der Waals surface area contributed by atoms with Gasteiger partial charge in [-0.3, -0.25) is 4.79 Å². The van der Waals surface area contributed by atoms with E-state index in [0.29, 0.717) is 12.5 Å². The molecule has 0 fully saturated rings. The van der Waals surface area contributed by atoms with Crippen LogP contribution in [0.2, 0.25) is 0 Å². The molecule has 1 unspecified atom stereocenters. The Morgan fingerprint density at radius 1 is 1.18 bits per heavy atom. The van der Waals surface area contributed by atoms with Crippen LogP contribution in [0.3, 0.4) is 0 Å². The Kier molecular flexibility index (Phi) is 4.98. The predicted molar refractivity (Wildman–Crippen MR) is 85.6 cm³/mol. The highest BCUT2D eigenvalue weighted by molar-refractivity contribution is 5.66. The Hall–Kier alpha value is -1.55. The lowest BCUT2D eigenvalue weighted by molar-refractivity contribution is -0.137. The number of aliphatic carboxylic acids is 1. The van der Waals surface area contributed by atoms with Gasteiger partial charge >= 0.3 is 5.97 Å². The first kappa shape index (κ1) is 15.3. The molecule has 1 aromatic rings. The average molecular weight is 303 g/mol. The molecule has 0 saturated carbocycles. The van der Waals surface area contributed by atoms with Gasteiger partial charge in [0.2, 0.25) is 0 Å². The molecule has 0 amide bonds. The van der Waals surface area contributed by atoms with Gasteiger partial charge in [0, 0.05) is 18.9 Å². The minimum Gasteiger partial charge on any atom is -0.493 e. The van der Waals surface area contributed by atoms with Crippen molar-refractivity contribution in [3.8, 4) is 5.75 Å². The summed E-state index contributed by atoms with van der Waals surface area (Å²) in [5, 5.41) is 12.2. The highest BCUT2D eigenvalue weighted by Crippen LogP contribution is 2.32. The highest BCUT2D eigenvalue weighted by Gasteiger charge is 2.22. The summed E-state index contributed by atoms with van der Waals surface area (Å²) < 4.78 is 5.68. The summed E-state index contributed by atoms with van der Waals surface area (Å²) in [6.07, 6.45) is 7.62. The van der Waals surface area contributed by atoms with E-state index in [4.69, 9.17) is 9.84 Å². The lowest BCUT2D eigenvalue weighted by Crippen LogP contribution is -2.35. The van der Waals surface area contributed by atoms with Crippen LogP contribution in [-0.2, 0) is 24.1 Å². The lowest BCUT2D eigenvalue weighted by Gasteiger charge is -2.26. The molecule has 4 nitrogen and oxygen atoms in total. The van der Waals surface area contributed by atoms with Crippen molar-refractivity contribution in [2.24, 2.45) is 0 Å². The predicted octanol–water partition coefficient (Wildman–Crippen LogP) is 2.71. The molecular weight excluding hydrogens is 278 g/mol. The number of hydrogen-bond donors (Lipinski definition) is 2. The molecule has 2 aliphatic rings. The van der Waals surface area contributed by atoms with Crippen molar-refractivity contribution in [2.45, 2.75) is 57.4 Å². The number of ether oxygens (including phenoxy) is 1. The van der Waals surface area contributed by atoms with E-state index in [-0.39, 0.29) is 0 Å². The molecule has 0 bridgehead atoms. The molecule has 0 saturated heterocycles. The monoisotopic (exact) mass is 303 g/mol. The maximum absolute atomic E-state index is 10.5. The molecule has 1 heterocycles. The zero-order chi connectivity index (χ0) is 15.4. The number of rotatable bonds is 7. The van der Waals surface area contributed by atoms with E-state index < -0.39 is 5.97 Å². The minimum absolute atomic E-state index is 0.294. The van der Waals surface area contributed by atoms with Crippen LogP contribution in [0.25, 0.3) is 0 Å². The fourth-order valence-corrected chi connectivity index (χ4v) is 3.50. The molecule has 2 N–H and O–H groups in total. The van der Waals surface area contributed by atoms with Gasteiger partial charge in [0.1, 0.15) is 5.75 Å². The minimum atomic E-state index is -0.688. The van der Waals surface area contributed by atoms with Crippen molar-refractivity contribution in [3.05, 3.63) is 28.8 Å². The van der Waals surface area contributed by atoms with Crippen LogP contribution in [0.4, 0.5) is 0 Å². The van der Waals surface area contributed by atoms with E-state index in [1.165, 1.54) is 23.1 Å². The molecular formula is C18H25NO3. The summed E-state index contributed by atoms with van der Waals surface area (Å²) in [6.45, 7) is 1.82. The lowest BCUT2D eigenvalue weighted by atomic mass is 9.86. The van der Waals surface area contributed by atoms with Crippen molar-refractivity contribution in [1.29, 1.82) is 0 Å². The van der Waals surface area contributed by atoms with Crippen molar-refractivity contribution in [2.75, 3.05) is 13.2 Å². The Morgan fingerprint density at radius 2 is 2.09 bits per heavy atom. The molecule has 0 radical (unpaired) electrons.